The van der Waals surface area contributed by atoms with Crippen LogP contribution in [0.4, 0.5) is 5.69 Å². The third kappa shape index (κ3) is 3.02. The van der Waals surface area contributed by atoms with E-state index in [4.69, 9.17) is 5.11 Å². The first-order chi connectivity index (χ1) is 9.15. The van der Waals surface area contributed by atoms with Crippen LogP contribution in [0.1, 0.15) is 24.8 Å². The number of rotatable bonds is 4. The molecule has 1 aromatic rings. The smallest absolute Gasteiger partial charge is 0.306 e. The number of nitrogens with one attached hydrogen (secondary N) is 1. The van der Waals surface area contributed by atoms with Crippen molar-refractivity contribution in [2.75, 3.05) is 11.6 Å². The summed E-state index contributed by atoms with van der Waals surface area (Å²) in [6.45, 7) is 0. The van der Waals surface area contributed by atoms with Crippen molar-refractivity contribution in [3.8, 4) is 6.07 Å². The van der Waals surface area contributed by atoms with E-state index in [-0.39, 0.29) is 12.0 Å². The summed E-state index contributed by atoms with van der Waals surface area (Å²) in [7, 11) is 0. The molecule has 0 heterocycles. The number of nitrogens with zero attached hydrogens (tertiary/aromatic N) is 1. The molecule has 100 valence electrons. The average molecular weight is 276 g/mol. The molecule has 1 aliphatic rings. The topological polar surface area (TPSA) is 73.1 Å². The number of anilines is 1. The van der Waals surface area contributed by atoms with Crippen molar-refractivity contribution in [2.45, 2.75) is 30.2 Å². The second kappa shape index (κ2) is 5.98. The molecule has 2 N–H and O–H groups in total. The first kappa shape index (κ1) is 13.8. The lowest BCUT2D eigenvalue weighted by atomic mass is 10.1. The first-order valence-electron chi connectivity index (χ1n) is 6.22. The Morgan fingerprint density at radius 1 is 1.53 bits per heavy atom. The van der Waals surface area contributed by atoms with Gasteiger partial charge in [0.2, 0.25) is 0 Å². The zero-order chi connectivity index (χ0) is 13.8. The minimum Gasteiger partial charge on any atom is -0.481 e. The molecule has 2 atom stereocenters. The molecule has 0 unspecified atom stereocenters. The van der Waals surface area contributed by atoms with Crippen molar-refractivity contribution in [1.29, 1.82) is 5.26 Å². The van der Waals surface area contributed by atoms with Crippen LogP contribution in [0.15, 0.2) is 23.1 Å². The molecule has 19 heavy (non-hydrogen) atoms. The number of benzene rings is 1. The highest BCUT2D eigenvalue weighted by atomic mass is 32.2. The third-order valence-electron chi connectivity index (χ3n) is 3.50. The zero-order valence-corrected chi connectivity index (χ0v) is 11.5. The number of thioether (sulfide) groups is 1. The number of carbonyl (C=O) groups is 1. The molecular formula is C14H16N2O2S. The largest absolute Gasteiger partial charge is 0.481 e. The van der Waals surface area contributed by atoms with E-state index in [1.165, 1.54) is 0 Å². The molecule has 0 spiro atoms. The quantitative estimate of drug-likeness (QED) is 0.827. The van der Waals surface area contributed by atoms with Gasteiger partial charge in [0.25, 0.3) is 0 Å². The lowest BCUT2D eigenvalue weighted by Gasteiger charge is -2.16. The second-order valence-electron chi connectivity index (χ2n) is 4.68. The van der Waals surface area contributed by atoms with Crippen molar-refractivity contribution in [1.82, 2.24) is 0 Å². The highest BCUT2D eigenvalue weighted by Crippen LogP contribution is 2.31. The normalized spacial score (nSPS) is 21.9. The Balaban J connectivity index is 2.12. The summed E-state index contributed by atoms with van der Waals surface area (Å²) < 4.78 is 0. The van der Waals surface area contributed by atoms with Crippen molar-refractivity contribution in [3.05, 3.63) is 23.8 Å². The minimum absolute atomic E-state index is 0.144. The summed E-state index contributed by atoms with van der Waals surface area (Å²) in [5.41, 5.74) is 1.46. The van der Waals surface area contributed by atoms with Crippen LogP contribution in [0.2, 0.25) is 0 Å². The van der Waals surface area contributed by atoms with Crippen LogP contribution in [-0.2, 0) is 4.79 Å². The van der Waals surface area contributed by atoms with E-state index in [0.717, 1.165) is 17.0 Å². The van der Waals surface area contributed by atoms with Gasteiger partial charge in [0.1, 0.15) is 6.07 Å². The van der Waals surface area contributed by atoms with Gasteiger partial charge in [0, 0.05) is 10.9 Å². The summed E-state index contributed by atoms with van der Waals surface area (Å²) >= 11 is 1.54. The van der Waals surface area contributed by atoms with Crippen LogP contribution >= 0.6 is 11.8 Å². The summed E-state index contributed by atoms with van der Waals surface area (Å²) in [5.74, 6) is -0.977. The predicted octanol–water partition coefficient (Wildman–Crippen LogP) is 2.95. The lowest BCUT2D eigenvalue weighted by molar-refractivity contribution is -0.141. The van der Waals surface area contributed by atoms with Crippen LogP contribution < -0.4 is 5.32 Å². The SMILES string of the molecule is CSc1cccc(N[C@H]2CC[C@@H](C(=O)O)C2)c1C#N. The van der Waals surface area contributed by atoms with Crippen LogP contribution in [0.3, 0.4) is 0 Å². The van der Waals surface area contributed by atoms with Crippen molar-refractivity contribution >= 4 is 23.4 Å². The number of hydrogen-bond acceptors (Lipinski definition) is 4. The molecule has 0 aromatic heterocycles. The first-order valence-corrected chi connectivity index (χ1v) is 7.44. The van der Waals surface area contributed by atoms with E-state index in [9.17, 15) is 10.1 Å². The van der Waals surface area contributed by atoms with Gasteiger partial charge in [-0.05, 0) is 37.7 Å². The molecule has 0 aliphatic heterocycles. The minimum atomic E-state index is -0.720. The Morgan fingerprint density at radius 2 is 2.32 bits per heavy atom. The molecule has 0 amide bonds. The maximum Gasteiger partial charge on any atom is 0.306 e. The highest BCUT2D eigenvalue weighted by molar-refractivity contribution is 7.98. The Hall–Kier alpha value is -1.67. The molecule has 0 bridgehead atoms. The van der Waals surface area contributed by atoms with Gasteiger partial charge in [-0.25, -0.2) is 0 Å². The number of aliphatic carboxylic acids is 1. The fourth-order valence-corrected chi connectivity index (χ4v) is 3.07. The Kier molecular flexibility index (Phi) is 4.33. The molecular weight excluding hydrogens is 260 g/mol. The summed E-state index contributed by atoms with van der Waals surface area (Å²) in [4.78, 5) is 11.9. The van der Waals surface area contributed by atoms with Gasteiger partial charge in [-0.3, -0.25) is 4.79 Å². The van der Waals surface area contributed by atoms with Crippen LogP contribution in [0.25, 0.3) is 0 Å². The summed E-state index contributed by atoms with van der Waals surface area (Å²) in [6.07, 6.45) is 4.11. The lowest BCUT2D eigenvalue weighted by Crippen LogP contribution is -2.18. The van der Waals surface area contributed by atoms with E-state index in [0.29, 0.717) is 18.4 Å². The van der Waals surface area contributed by atoms with Gasteiger partial charge >= 0.3 is 5.97 Å². The van der Waals surface area contributed by atoms with Crippen LogP contribution in [0.5, 0.6) is 0 Å². The molecule has 1 fully saturated rings. The number of hydrogen-bond donors (Lipinski definition) is 2. The molecule has 1 aliphatic carbocycles. The highest BCUT2D eigenvalue weighted by Gasteiger charge is 2.29. The van der Waals surface area contributed by atoms with Gasteiger partial charge in [-0.2, -0.15) is 5.26 Å². The van der Waals surface area contributed by atoms with Gasteiger partial charge in [0.15, 0.2) is 0 Å². The Morgan fingerprint density at radius 3 is 2.89 bits per heavy atom. The maximum absolute atomic E-state index is 10.9. The predicted molar refractivity (Wildman–Crippen MR) is 75.3 cm³/mol. The second-order valence-corrected chi connectivity index (χ2v) is 5.53. The summed E-state index contributed by atoms with van der Waals surface area (Å²) in [6, 6.07) is 8.08. The van der Waals surface area contributed by atoms with Crippen LogP contribution in [0, 0.1) is 17.2 Å². The van der Waals surface area contributed by atoms with E-state index < -0.39 is 5.97 Å². The van der Waals surface area contributed by atoms with Gasteiger partial charge < -0.3 is 10.4 Å². The van der Waals surface area contributed by atoms with Crippen LogP contribution in [-0.4, -0.2) is 23.4 Å². The molecule has 2 rings (SSSR count). The Bertz CT molecular complexity index is 525. The maximum atomic E-state index is 10.9. The van der Waals surface area contributed by atoms with Crippen molar-refractivity contribution in [3.63, 3.8) is 0 Å². The fraction of sp³-hybridized carbons (Fsp3) is 0.429. The zero-order valence-electron chi connectivity index (χ0n) is 10.7. The monoisotopic (exact) mass is 276 g/mol. The van der Waals surface area contributed by atoms with Gasteiger partial charge in [-0.1, -0.05) is 6.07 Å². The molecule has 4 nitrogen and oxygen atoms in total. The Labute approximate surface area is 116 Å². The average Bonchev–Trinajstić information content (AvgIpc) is 2.87. The third-order valence-corrected chi connectivity index (χ3v) is 4.28. The van der Waals surface area contributed by atoms with Crippen molar-refractivity contribution in [2.24, 2.45) is 5.92 Å². The van der Waals surface area contributed by atoms with E-state index in [1.54, 1.807) is 11.8 Å². The summed E-state index contributed by atoms with van der Waals surface area (Å²) in [5, 5.41) is 21.6. The molecule has 1 saturated carbocycles. The van der Waals surface area contributed by atoms with E-state index in [2.05, 4.69) is 11.4 Å². The number of carboxylic acid groups (broad SMARTS) is 1. The molecule has 5 heteroatoms. The van der Waals surface area contributed by atoms with Crippen molar-refractivity contribution < 1.29 is 9.90 Å². The standard InChI is InChI=1S/C14H16N2O2S/c1-19-13-4-2-3-12(11(13)8-15)16-10-6-5-9(7-10)14(17)18/h2-4,9-10,16H,5-7H2,1H3,(H,17,18)/t9-,10+/m1/s1. The number of nitriles is 1. The van der Waals surface area contributed by atoms with E-state index >= 15 is 0 Å². The number of carboxylic acids is 1. The fourth-order valence-electron chi connectivity index (χ4n) is 2.49. The molecule has 1 aromatic carbocycles. The van der Waals surface area contributed by atoms with E-state index in [1.807, 2.05) is 24.5 Å². The molecule has 0 saturated heterocycles. The van der Waals surface area contributed by atoms with Gasteiger partial charge in [0.05, 0.1) is 17.2 Å². The van der Waals surface area contributed by atoms with Gasteiger partial charge in [-0.15, -0.1) is 11.8 Å². The molecule has 0 radical (unpaired) electrons.